The smallest absolute Gasteiger partial charge is 0.279 e. The van der Waals surface area contributed by atoms with Crippen molar-refractivity contribution < 1.29 is 17.9 Å². The van der Waals surface area contributed by atoms with Gasteiger partial charge in [-0.2, -0.15) is 17.4 Å². The topological polar surface area (TPSA) is 91.0 Å². The first-order chi connectivity index (χ1) is 10.9. The van der Waals surface area contributed by atoms with E-state index in [1.807, 2.05) is 18.2 Å². The molecule has 0 radical (unpaired) electrons. The van der Waals surface area contributed by atoms with Crippen LogP contribution in [0.5, 0.6) is 0 Å². The Morgan fingerprint density at radius 1 is 1.26 bits per heavy atom. The van der Waals surface area contributed by atoms with E-state index in [0.29, 0.717) is 18.9 Å². The molecule has 1 saturated heterocycles. The Hall–Kier alpha value is -1.68. The predicted molar refractivity (Wildman–Crippen MR) is 88.7 cm³/mol. The minimum Gasteiger partial charge on any atom is -0.378 e. The molecule has 1 amide bonds. The highest BCUT2D eigenvalue weighted by atomic mass is 32.2. The van der Waals surface area contributed by atoms with Crippen molar-refractivity contribution in [1.82, 2.24) is 9.03 Å². The van der Waals surface area contributed by atoms with Crippen LogP contribution in [0.4, 0.5) is 11.4 Å². The van der Waals surface area contributed by atoms with Crippen LogP contribution < -0.4 is 14.9 Å². The van der Waals surface area contributed by atoms with Crippen molar-refractivity contribution in [2.75, 3.05) is 57.2 Å². The molecule has 1 fully saturated rings. The zero-order valence-electron chi connectivity index (χ0n) is 13.3. The fraction of sp³-hybridized carbons (Fsp3) is 0.500. The van der Waals surface area contributed by atoms with Gasteiger partial charge >= 0.3 is 0 Å². The summed E-state index contributed by atoms with van der Waals surface area (Å²) in [7, 11) is -0.827. The summed E-state index contributed by atoms with van der Waals surface area (Å²) in [5.41, 5.74) is 1.56. The van der Waals surface area contributed by atoms with E-state index in [-0.39, 0.29) is 6.54 Å². The zero-order valence-corrected chi connectivity index (χ0v) is 14.1. The molecule has 1 aliphatic heterocycles. The van der Waals surface area contributed by atoms with Gasteiger partial charge in [-0.15, -0.1) is 0 Å². The van der Waals surface area contributed by atoms with Gasteiger partial charge in [-0.05, 0) is 12.1 Å². The fourth-order valence-electron chi connectivity index (χ4n) is 2.14. The molecule has 0 saturated carbocycles. The largest absolute Gasteiger partial charge is 0.378 e. The molecule has 0 aromatic heterocycles. The van der Waals surface area contributed by atoms with Crippen molar-refractivity contribution in [3.05, 3.63) is 24.3 Å². The third-order valence-electron chi connectivity index (χ3n) is 3.43. The average Bonchev–Trinajstić information content (AvgIpc) is 2.54. The van der Waals surface area contributed by atoms with Gasteiger partial charge in [0.1, 0.15) is 0 Å². The molecule has 1 aliphatic rings. The van der Waals surface area contributed by atoms with Crippen molar-refractivity contribution in [2.24, 2.45) is 0 Å². The van der Waals surface area contributed by atoms with E-state index in [0.717, 1.165) is 23.1 Å². The summed E-state index contributed by atoms with van der Waals surface area (Å²) in [4.78, 5) is 14.1. The maximum Gasteiger partial charge on any atom is 0.279 e. The molecule has 0 bridgehead atoms. The van der Waals surface area contributed by atoms with Crippen LogP contribution in [0.1, 0.15) is 0 Å². The van der Waals surface area contributed by atoms with Gasteiger partial charge in [0.15, 0.2) is 0 Å². The minimum absolute atomic E-state index is 0.321. The van der Waals surface area contributed by atoms with Gasteiger partial charge in [-0.1, -0.05) is 12.1 Å². The van der Waals surface area contributed by atoms with E-state index in [9.17, 15) is 13.2 Å². The SMILES string of the molecule is CN(C)S(=O)(=O)NCC(=O)Nc1ccccc1N1CCOCC1. The summed E-state index contributed by atoms with van der Waals surface area (Å²) in [6.07, 6.45) is 0. The number of anilines is 2. The Morgan fingerprint density at radius 2 is 1.91 bits per heavy atom. The van der Waals surface area contributed by atoms with Crippen LogP contribution in [0.2, 0.25) is 0 Å². The molecular formula is C14H22N4O4S. The number of nitrogens with zero attached hydrogens (tertiary/aromatic N) is 2. The van der Waals surface area contributed by atoms with E-state index < -0.39 is 16.1 Å². The number of benzene rings is 1. The average molecular weight is 342 g/mol. The lowest BCUT2D eigenvalue weighted by Gasteiger charge is -2.30. The van der Waals surface area contributed by atoms with E-state index in [1.54, 1.807) is 6.07 Å². The van der Waals surface area contributed by atoms with E-state index >= 15 is 0 Å². The maximum atomic E-state index is 12.0. The van der Waals surface area contributed by atoms with Crippen LogP contribution in [0, 0.1) is 0 Å². The summed E-state index contributed by atoms with van der Waals surface area (Å²) in [5, 5.41) is 2.75. The second-order valence-electron chi connectivity index (χ2n) is 5.27. The van der Waals surface area contributed by atoms with Crippen LogP contribution in [0.25, 0.3) is 0 Å². The third kappa shape index (κ3) is 4.90. The first-order valence-corrected chi connectivity index (χ1v) is 8.73. The van der Waals surface area contributed by atoms with Gasteiger partial charge in [0.2, 0.25) is 5.91 Å². The lowest BCUT2D eigenvalue weighted by Crippen LogP contribution is -2.40. The van der Waals surface area contributed by atoms with Crippen molar-refractivity contribution in [3.8, 4) is 0 Å². The van der Waals surface area contributed by atoms with Crippen LogP contribution in [0.15, 0.2) is 24.3 Å². The third-order valence-corrected chi connectivity index (χ3v) is 4.90. The van der Waals surface area contributed by atoms with Gasteiger partial charge in [0, 0.05) is 27.2 Å². The Bertz CT molecular complexity index is 642. The van der Waals surface area contributed by atoms with E-state index in [1.165, 1.54) is 14.1 Å². The lowest BCUT2D eigenvalue weighted by molar-refractivity contribution is -0.115. The highest BCUT2D eigenvalue weighted by Gasteiger charge is 2.17. The van der Waals surface area contributed by atoms with Crippen molar-refractivity contribution in [1.29, 1.82) is 0 Å². The molecule has 23 heavy (non-hydrogen) atoms. The molecule has 9 heteroatoms. The summed E-state index contributed by atoms with van der Waals surface area (Å²) in [5.74, 6) is -0.420. The van der Waals surface area contributed by atoms with Crippen LogP contribution in [-0.2, 0) is 19.7 Å². The molecule has 1 heterocycles. The maximum absolute atomic E-state index is 12.0. The Kier molecular flexibility index (Phi) is 5.94. The summed E-state index contributed by atoms with van der Waals surface area (Å²) >= 11 is 0. The molecule has 2 N–H and O–H groups in total. The number of para-hydroxylation sites is 2. The van der Waals surface area contributed by atoms with Gasteiger partial charge in [0.25, 0.3) is 10.2 Å². The van der Waals surface area contributed by atoms with E-state index in [4.69, 9.17) is 4.74 Å². The summed E-state index contributed by atoms with van der Waals surface area (Å²) in [6.45, 7) is 2.47. The molecular weight excluding hydrogens is 320 g/mol. The predicted octanol–water partition coefficient (Wildman–Crippen LogP) is -0.142. The van der Waals surface area contributed by atoms with Gasteiger partial charge in [-0.3, -0.25) is 4.79 Å². The highest BCUT2D eigenvalue weighted by molar-refractivity contribution is 7.87. The van der Waals surface area contributed by atoms with Crippen molar-refractivity contribution in [2.45, 2.75) is 0 Å². The Labute approximate surface area is 136 Å². The van der Waals surface area contributed by atoms with Crippen LogP contribution >= 0.6 is 0 Å². The molecule has 128 valence electrons. The standard InChI is InChI=1S/C14H22N4O4S/c1-17(2)23(20,21)15-11-14(19)16-12-5-3-4-6-13(12)18-7-9-22-10-8-18/h3-6,15H,7-11H2,1-2H3,(H,16,19). The Balaban J connectivity index is 2.01. The Morgan fingerprint density at radius 3 is 2.57 bits per heavy atom. The normalized spacial score (nSPS) is 15.7. The fourth-order valence-corrected chi connectivity index (χ4v) is 2.71. The number of nitrogens with one attached hydrogen (secondary N) is 2. The summed E-state index contributed by atoms with van der Waals surface area (Å²) < 4.78 is 31.8. The van der Waals surface area contributed by atoms with Gasteiger partial charge in [0.05, 0.1) is 31.1 Å². The number of ether oxygens (including phenoxy) is 1. The van der Waals surface area contributed by atoms with Crippen LogP contribution in [0.3, 0.4) is 0 Å². The number of rotatable bonds is 6. The van der Waals surface area contributed by atoms with Crippen LogP contribution in [-0.4, -0.2) is 65.6 Å². The quantitative estimate of drug-likeness (QED) is 0.751. The molecule has 0 spiro atoms. The second-order valence-corrected chi connectivity index (χ2v) is 7.24. The van der Waals surface area contributed by atoms with Gasteiger partial charge < -0.3 is 15.0 Å². The number of amides is 1. The van der Waals surface area contributed by atoms with Crippen molar-refractivity contribution in [3.63, 3.8) is 0 Å². The molecule has 2 rings (SSSR count). The second kappa shape index (κ2) is 7.73. The first-order valence-electron chi connectivity index (χ1n) is 7.29. The molecule has 1 aromatic rings. The first kappa shape index (κ1) is 17.7. The highest BCUT2D eigenvalue weighted by Crippen LogP contribution is 2.26. The monoisotopic (exact) mass is 342 g/mol. The number of morpholine rings is 1. The van der Waals surface area contributed by atoms with E-state index in [2.05, 4.69) is 14.9 Å². The van der Waals surface area contributed by atoms with Gasteiger partial charge in [-0.25, -0.2) is 0 Å². The minimum atomic E-state index is -3.62. The number of hydrogen-bond acceptors (Lipinski definition) is 5. The molecule has 1 aromatic carbocycles. The molecule has 0 atom stereocenters. The zero-order chi connectivity index (χ0) is 16.9. The molecule has 0 unspecified atom stereocenters. The number of hydrogen-bond donors (Lipinski definition) is 2. The van der Waals surface area contributed by atoms with Crippen molar-refractivity contribution >= 4 is 27.5 Å². The summed E-state index contributed by atoms with van der Waals surface area (Å²) in [6, 6.07) is 7.44. The number of carbonyl (C=O) groups is 1. The molecule has 8 nitrogen and oxygen atoms in total. The number of carbonyl (C=O) groups excluding carboxylic acids is 1. The molecule has 0 aliphatic carbocycles. The lowest BCUT2D eigenvalue weighted by atomic mass is 10.2.